The third kappa shape index (κ3) is 4.96. The van der Waals surface area contributed by atoms with Gasteiger partial charge in [0.15, 0.2) is 0 Å². The minimum atomic E-state index is -0.668. The summed E-state index contributed by atoms with van der Waals surface area (Å²) in [6.07, 6.45) is 0. The SMILES string of the molecule is CC(C)(C)N(NC(C#N)c1ccccc1)C(=O)c1cc(Cl)cc(Cl)c1. The summed E-state index contributed by atoms with van der Waals surface area (Å²) in [5.41, 5.74) is 3.59. The number of hydrogen-bond acceptors (Lipinski definition) is 3. The van der Waals surface area contributed by atoms with E-state index in [4.69, 9.17) is 23.2 Å². The van der Waals surface area contributed by atoms with E-state index in [1.807, 2.05) is 51.1 Å². The van der Waals surface area contributed by atoms with Gasteiger partial charge in [-0.15, -0.1) is 0 Å². The van der Waals surface area contributed by atoms with Crippen molar-refractivity contribution in [1.82, 2.24) is 10.4 Å². The molecule has 2 aromatic rings. The van der Waals surface area contributed by atoms with Gasteiger partial charge in [-0.2, -0.15) is 5.26 Å². The number of nitrogens with zero attached hydrogens (tertiary/aromatic N) is 2. The zero-order valence-corrected chi connectivity index (χ0v) is 15.8. The first-order valence-electron chi connectivity index (χ1n) is 7.74. The number of carbonyl (C=O) groups excluding carboxylic acids is 1. The summed E-state index contributed by atoms with van der Waals surface area (Å²) in [6.45, 7) is 5.64. The van der Waals surface area contributed by atoms with Gasteiger partial charge in [0, 0.05) is 15.6 Å². The fourth-order valence-electron chi connectivity index (χ4n) is 2.32. The maximum Gasteiger partial charge on any atom is 0.268 e. The van der Waals surface area contributed by atoms with Crippen LogP contribution in [0.15, 0.2) is 48.5 Å². The summed E-state index contributed by atoms with van der Waals surface area (Å²) in [5, 5.41) is 11.7. The monoisotopic (exact) mass is 375 g/mol. The first-order chi connectivity index (χ1) is 11.7. The van der Waals surface area contributed by atoms with E-state index < -0.39 is 11.6 Å². The van der Waals surface area contributed by atoms with Crippen LogP contribution in [0, 0.1) is 11.3 Å². The van der Waals surface area contributed by atoms with Crippen LogP contribution in [-0.2, 0) is 0 Å². The number of hydrogen-bond donors (Lipinski definition) is 1. The summed E-state index contributed by atoms with van der Waals surface area (Å²) in [4.78, 5) is 13.0. The molecule has 0 aliphatic carbocycles. The Balaban J connectivity index is 2.36. The first kappa shape index (κ1) is 19.3. The number of carbonyl (C=O) groups is 1. The molecule has 130 valence electrons. The van der Waals surface area contributed by atoms with Gasteiger partial charge in [0.1, 0.15) is 6.04 Å². The predicted octanol–water partition coefficient (Wildman–Crippen LogP) is 5.00. The maximum absolute atomic E-state index is 13.0. The van der Waals surface area contributed by atoms with Crippen LogP contribution in [0.2, 0.25) is 10.0 Å². The zero-order valence-electron chi connectivity index (χ0n) is 14.3. The Morgan fingerprint density at radius 3 is 2.16 bits per heavy atom. The lowest BCUT2D eigenvalue weighted by Crippen LogP contribution is -2.54. The van der Waals surface area contributed by atoms with Crippen LogP contribution in [0.1, 0.15) is 42.7 Å². The van der Waals surface area contributed by atoms with Crippen molar-refractivity contribution in [3.05, 3.63) is 69.7 Å². The van der Waals surface area contributed by atoms with Gasteiger partial charge in [-0.05, 0) is 44.5 Å². The molecular formula is C19H19Cl2N3O. The third-order valence-corrected chi connectivity index (χ3v) is 3.94. The second-order valence-electron chi connectivity index (χ2n) is 6.57. The van der Waals surface area contributed by atoms with Gasteiger partial charge in [-0.25, -0.2) is 5.43 Å². The zero-order chi connectivity index (χ0) is 18.6. The van der Waals surface area contributed by atoms with E-state index in [9.17, 15) is 10.1 Å². The van der Waals surface area contributed by atoms with Gasteiger partial charge in [-0.3, -0.25) is 9.80 Å². The molecule has 1 unspecified atom stereocenters. The molecule has 6 heteroatoms. The molecule has 2 rings (SSSR count). The van der Waals surface area contributed by atoms with Crippen LogP contribution in [0.4, 0.5) is 0 Å². The Labute approximate surface area is 157 Å². The molecular weight excluding hydrogens is 357 g/mol. The van der Waals surface area contributed by atoms with Crippen LogP contribution < -0.4 is 5.43 Å². The molecule has 0 aliphatic rings. The topological polar surface area (TPSA) is 56.1 Å². The number of benzene rings is 2. The Kier molecular flexibility index (Phi) is 6.07. The number of halogens is 2. The normalized spacial score (nSPS) is 12.3. The molecule has 0 saturated heterocycles. The van der Waals surface area contributed by atoms with Gasteiger partial charge in [0.25, 0.3) is 5.91 Å². The second kappa shape index (κ2) is 7.88. The average Bonchev–Trinajstić information content (AvgIpc) is 2.54. The fraction of sp³-hybridized carbons (Fsp3) is 0.263. The van der Waals surface area contributed by atoms with E-state index in [0.29, 0.717) is 15.6 Å². The van der Waals surface area contributed by atoms with Crippen molar-refractivity contribution in [2.45, 2.75) is 32.4 Å². The molecule has 2 aromatic carbocycles. The second-order valence-corrected chi connectivity index (χ2v) is 7.44. The standard InChI is InChI=1S/C19H19Cl2N3O/c1-19(2,3)24(18(25)14-9-15(20)11-16(21)10-14)23-17(12-22)13-7-5-4-6-8-13/h4-11,17,23H,1-3H3. The van der Waals surface area contributed by atoms with Crippen LogP contribution in [0.25, 0.3) is 0 Å². The molecule has 0 aliphatic heterocycles. The number of rotatable bonds is 4. The molecule has 0 saturated carbocycles. The van der Waals surface area contributed by atoms with Crippen LogP contribution in [0.5, 0.6) is 0 Å². The lowest BCUT2D eigenvalue weighted by Gasteiger charge is -2.37. The average molecular weight is 376 g/mol. The molecule has 0 bridgehead atoms. The molecule has 4 nitrogen and oxygen atoms in total. The van der Waals surface area contributed by atoms with Crippen LogP contribution in [-0.4, -0.2) is 16.5 Å². The number of amides is 1. The van der Waals surface area contributed by atoms with Gasteiger partial charge >= 0.3 is 0 Å². The third-order valence-electron chi connectivity index (χ3n) is 3.50. The van der Waals surface area contributed by atoms with Crippen molar-refractivity contribution < 1.29 is 4.79 Å². The Bertz CT molecular complexity index is 774. The summed E-state index contributed by atoms with van der Waals surface area (Å²) in [7, 11) is 0. The minimum absolute atomic E-state index is 0.312. The van der Waals surface area contributed by atoms with E-state index in [-0.39, 0.29) is 5.91 Å². The van der Waals surface area contributed by atoms with Crippen molar-refractivity contribution in [3.8, 4) is 6.07 Å². The smallest absolute Gasteiger partial charge is 0.268 e. The molecule has 0 spiro atoms. The van der Waals surface area contributed by atoms with Gasteiger partial charge in [-0.1, -0.05) is 53.5 Å². The van der Waals surface area contributed by atoms with E-state index >= 15 is 0 Å². The van der Waals surface area contributed by atoms with E-state index in [2.05, 4.69) is 11.5 Å². The van der Waals surface area contributed by atoms with Gasteiger partial charge < -0.3 is 0 Å². The minimum Gasteiger partial charge on any atom is -0.268 e. The highest BCUT2D eigenvalue weighted by molar-refractivity contribution is 6.35. The van der Waals surface area contributed by atoms with Gasteiger partial charge in [0.2, 0.25) is 0 Å². The van der Waals surface area contributed by atoms with Crippen molar-refractivity contribution in [1.29, 1.82) is 5.26 Å². The largest absolute Gasteiger partial charge is 0.268 e. The van der Waals surface area contributed by atoms with E-state index in [1.54, 1.807) is 18.2 Å². The molecule has 0 heterocycles. The molecule has 0 radical (unpaired) electrons. The number of nitrogens with one attached hydrogen (secondary N) is 1. The van der Waals surface area contributed by atoms with E-state index in [1.165, 1.54) is 5.01 Å². The van der Waals surface area contributed by atoms with E-state index in [0.717, 1.165) is 5.56 Å². The van der Waals surface area contributed by atoms with Gasteiger partial charge in [0.05, 0.1) is 11.6 Å². The molecule has 25 heavy (non-hydrogen) atoms. The Morgan fingerprint density at radius 1 is 1.12 bits per heavy atom. The van der Waals surface area contributed by atoms with Crippen molar-refractivity contribution in [2.24, 2.45) is 0 Å². The van der Waals surface area contributed by atoms with Crippen LogP contribution in [0.3, 0.4) is 0 Å². The summed E-state index contributed by atoms with van der Waals surface area (Å²) in [6, 6.07) is 15.4. The van der Waals surface area contributed by atoms with Crippen molar-refractivity contribution in [3.63, 3.8) is 0 Å². The molecule has 1 amide bonds. The number of nitriles is 1. The lowest BCUT2D eigenvalue weighted by atomic mass is 10.0. The fourth-order valence-corrected chi connectivity index (χ4v) is 2.84. The van der Waals surface area contributed by atoms with Crippen molar-refractivity contribution in [2.75, 3.05) is 0 Å². The highest BCUT2D eigenvalue weighted by Gasteiger charge is 2.30. The Morgan fingerprint density at radius 2 is 1.68 bits per heavy atom. The molecule has 1 atom stereocenters. The highest BCUT2D eigenvalue weighted by Crippen LogP contribution is 2.24. The first-order valence-corrected chi connectivity index (χ1v) is 8.49. The Hall–Kier alpha value is -2.06. The lowest BCUT2D eigenvalue weighted by molar-refractivity contribution is 0.0365. The summed E-state index contributed by atoms with van der Waals surface area (Å²) >= 11 is 12.0. The maximum atomic E-state index is 13.0. The van der Waals surface area contributed by atoms with Crippen LogP contribution >= 0.6 is 23.2 Å². The quantitative estimate of drug-likeness (QED) is 0.764. The summed E-state index contributed by atoms with van der Waals surface area (Å²) < 4.78 is 0. The highest BCUT2D eigenvalue weighted by atomic mass is 35.5. The summed E-state index contributed by atoms with van der Waals surface area (Å²) in [5.74, 6) is -0.312. The predicted molar refractivity (Wildman–Crippen MR) is 100 cm³/mol. The molecule has 0 fully saturated rings. The molecule has 0 aromatic heterocycles. The number of hydrazine groups is 1. The van der Waals surface area contributed by atoms with Crippen molar-refractivity contribution >= 4 is 29.1 Å². The molecule has 1 N–H and O–H groups in total.